The van der Waals surface area contributed by atoms with Gasteiger partial charge in [0, 0.05) is 23.1 Å². The molecule has 1 amide bonds. The molecule has 356 valence electrons. The molecule has 1 fully saturated rings. The van der Waals surface area contributed by atoms with E-state index in [0.29, 0.717) is 48.8 Å². The van der Waals surface area contributed by atoms with E-state index in [1.165, 1.54) is 29.2 Å². The highest BCUT2D eigenvalue weighted by molar-refractivity contribution is 6.33. The molecule has 0 spiro atoms. The third-order valence-corrected chi connectivity index (χ3v) is 13.8. The number of aliphatic hydroxyl groups excluding tert-OH is 1. The van der Waals surface area contributed by atoms with E-state index in [2.05, 4.69) is 10.8 Å². The maximum absolute atomic E-state index is 14.8. The van der Waals surface area contributed by atoms with E-state index >= 15 is 0 Å². The highest BCUT2D eigenvalue weighted by Crippen LogP contribution is 2.59. The molecule has 2 N–H and O–H groups in total. The Bertz CT molecular complexity index is 2860. The molecule has 6 aromatic rings. The van der Waals surface area contributed by atoms with Crippen molar-refractivity contribution in [2.24, 2.45) is 5.41 Å². The highest BCUT2D eigenvalue weighted by Gasteiger charge is 2.58. The zero-order valence-electron chi connectivity index (χ0n) is 37.1. The number of ketones is 1. The molecule has 4 atom stereocenters. The molecule has 1 heterocycles. The molecule has 0 unspecified atom stereocenters. The average Bonchev–Trinajstić information content (AvgIpc) is 3.87. The Kier molecular flexibility index (Phi) is 13.6. The molecule has 9 rings (SSSR count). The Labute approximate surface area is 393 Å². The number of fused-ring (bicyclic) bond motifs is 9. The first-order valence-corrected chi connectivity index (χ1v) is 22.6. The van der Waals surface area contributed by atoms with Crippen LogP contribution in [-0.4, -0.2) is 51.6 Å². The molecule has 0 aliphatic heterocycles. The van der Waals surface area contributed by atoms with Crippen molar-refractivity contribution in [1.82, 2.24) is 4.90 Å². The van der Waals surface area contributed by atoms with Gasteiger partial charge in [-0.15, -0.1) is 13.2 Å². The van der Waals surface area contributed by atoms with Crippen molar-refractivity contribution in [3.05, 3.63) is 166 Å². The topological polar surface area (TPSA) is 109 Å². The summed E-state index contributed by atoms with van der Waals surface area (Å²) >= 11 is 6.35. The fourth-order valence-electron chi connectivity index (χ4n) is 9.74. The van der Waals surface area contributed by atoms with Crippen LogP contribution in [0.1, 0.15) is 96.7 Å². The van der Waals surface area contributed by atoms with Gasteiger partial charge in [-0.25, -0.2) is 4.79 Å². The molecular formula is C53H48ClF6NO7. The molecule has 1 aromatic heterocycles. The molecule has 0 saturated heterocycles. The van der Waals surface area contributed by atoms with Crippen molar-refractivity contribution in [2.45, 2.75) is 95.5 Å². The first kappa shape index (κ1) is 48.4. The Morgan fingerprint density at radius 3 is 2.32 bits per heavy atom. The number of ether oxygens (including phenoxy) is 2. The van der Waals surface area contributed by atoms with Gasteiger partial charge < -0.3 is 29.0 Å². The minimum atomic E-state index is -4.91. The standard InChI is InChI=1S/C53H48ClF6NO7/c1-32-6-5-24-50(2)44(41-19-12-34(26-38(62)15-9-32)27-42(41)48(63)47-22-21-46(67-47)43-29-37(52(55,56)57)14-20-45(43)54)23-25-51(50,65)31-61(30-33-10-16-39(17-11-33)68-53(58,59)60)49(64)66-40-18-13-35-7-3-4-8-36(35)28-40/h3-4,6-8,10-14,16-22,27-29,38,44,62,65H,5,9,15,23-26,30-31H2,1-2H3/t38-,44-,50-,51+/m0/s1. The average molecular weight is 960 g/mol. The van der Waals surface area contributed by atoms with Crippen molar-refractivity contribution in [2.75, 3.05) is 6.54 Å². The van der Waals surface area contributed by atoms with E-state index in [-0.39, 0.29) is 59.4 Å². The SMILES string of the molecule is CC1=CCC[C@@]2(C)[C@@H](CC[C@@]2(O)CN(Cc2ccc(OC(F)(F)F)cc2)C(=O)Oc2ccc3ccccc3c2)c2ccc(cc2C(=O)c2ccc(-c3cc(C(F)(F)F)ccc3Cl)o2)C[C@@H](O)CC1. The van der Waals surface area contributed by atoms with Crippen molar-refractivity contribution in [3.8, 4) is 22.8 Å². The van der Waals surface area contributed by atoms with Gasteiger partial charge in [0.15, 0.2) is 5.76 Å². The minimum absolute atomic E-state index is 0.0163. The molecule has 68 heavy (non-hydrogen) atoms. The molecule has 2 bridgehead atoms. The lowest BCUT2D eigenvalue weighted by molar-refractivity contribution is -0.274. The number of rotatable bonds is 9. The van der Waals surface area contributed by atoms with Gasteiger partial charge in [0.2, 0.25) is 5.78 Å². The smallest absolute Gasteiger partial charge is 0.453 e. The van der Waals surface area contributed by atoms with Crippen molar-refractivity contribution >= 4 is 34.2 Å². The number of carbonyl (C=O) groups excluding carboxylic acids is 2. The lowest BCUT2D eigenvalue weighted by atomic mass is 9.64. The van der Waals surface area contributed by atoms with E-state index < -0.39 is 58.8 Å². The van der Waals surface area contributed by atoms with Gasteiger partial charge in [0.1, 0.15) is 17.3 Å². The molecule has 0 radical (unpaired) electrons. The zero-order chi connectivity index (χ0) is 48.6. The molecule has 1 saturated carbocycles. The molecular weight excluding hydrogens is 912 g/mol. The second-order valence-electron chi connectivity index (χ2n) is 18.1. The third kappa shape index (κ3) is 10.6. The number of benzene rings is 5. The summed E-state index contributed by atoms with van der Waals surface area (Å²) < 4.78 is 96.3. The molecule has 8 nitrogen and oxygen atoms in total. The van der Waals surface area contributed by atoms with Crippen LogP contribution in [0.5, 0.6) is 11.5 Å². The van der Waals surface area contributed by atoms with Gasteiger partial charge in [-0.1, -0.05) is 84.8 Å². The van der Waals surface area contributed by atoms with E-state index in [9.17, 15) is 46.1 Å². The van der Waals surface area contributed by atoms with Crippen LogP contribution in [0.15, 0.2) is 131 Å². The van der Waals surface area contributed by atoms with Crippen molar-refractivity contribution in [3.63, 3.8) is 0 Å². The predicted molar refractivity (Wildman–Crippen MR) is 245 cm³/mol. The highest BCUT2D eigenvalue weighted by atomic mass is 35.5. The Morgan fingerprint density at radius 2 is 1.59 bits per heavy atom. The van der Waals surface area contributed by atoms with Gasteiger partial charge in [-0.3, -0.25) is 4.79 Å². The van der Waals surface area contributed by atoms with Gasteiger partial charge in [-0.2, -0.15) is 13.2 Å². The number of alkyl halides is 6. The largest absolute Gasteiger partial charge is 0.573 e. The first-order chi connectivity index (χ1) is 32.2. The second-order valence-corrected chi connectivity index (χ2v) is 18.5. The number of halogens is 7. The van der Waals surface area contributed by atoms with Crippen molar-refractivity contribution in [1.29, 1.82) is 0 Å². The predicted octanol–water partition coefficient (Wildman–Crippen LogP) is 13.6. The van der Waals surface area contributed by atoms with Crippen LogP contribution in [0.25, 0.3) is 22.1 Å². The maximum atomic E-state index is 14.8. The van der Waals surface area contributed by atoms with Gasteiger partial charge in [0.25, 0.3) is 0 Å². The van der Waals surface area contributed by atoms with Crippen LogP contribution in [0.4, 0.5) is 31.1 Å². The fourth-order valence-corrected chi connectivity index (χ4v) is 9.95. The van der Waals surface area contributed by atoms with Gasteiger partial charge in [-0.05, 0) is 146 Å². The molecule has 15 heteroatoms. The summed E-state index contributed by atoms with van der Waals surface area (Å²) in [4.78, 5) is 30.5. The Balaban J connectivity index is 1.17. The van der Waals surface area contributed by atoms with Crippen molar-refractivity contribution < 1.29 is 60.0 Å². The minimum Gasteiger partial charge on any atom is -0.453 e. The van der Waals surface area contributed by atoms with E-state index in [1.54, 1.807) is 30.3 Å². The maximum Gasteiger partial charge on any atom is 0.573 e. The lowest BCUT2D eigenvalue weighted by Crippen LogP contribution is -2.54. The second kappa shape index (κ2) is 19.1. The van der Waals surface area contributed by atoms with Gasteiger partial charge >= 0.3 is 18.6 Å². The van der Waals surface area contributed by atoms with Crippen LogP contribution >= 0.6 is 11.6 Å². The number of allylic oxidation sites excluding steroid dienone is 2. The van der Waals surface area contributed by atoms with Crippen LogP contribution in [0, 0.1) is 5.41 Å². The fraction of sp³-hybridized carbons (Fsp3) is 0.321. The third-order valence-electron chi connectivity index (χ3n) is 13.5. The Hall–Kier alpha value is -6.09. The number of nitrogens with zero attached hydrogens (tertiary/aromatic N) is 1. The van der Waals surface area contributed by atoms with E-state index in [0.717, 1.165) is 46.7 Å². The number of aliphatic hydroxyl groups is 2. The number of hydrogen-bond donors (Lipinski definition) is 2. The number of carbonyl (C=O) groups is 2. The van der Waals surface area contributed by atoms with Crippen LogP contribution in [0.2, 0.25) is 5.02 Å². The summed E-state index contributed by atoms with van der Waals surface area (Å²) in [5.74, 6) is -1.54. The summed E-state index contributed by atoms with van der Waals surface area (Å²) in [5, 5.41) is 26.0. The van der Waals surface area contributed by atoms with Crippen LogP contribution < -0.4 is 9.47 Å². The Morgan fingerprint density at radius 1 is 0.853 bits per heavy atom. The zero-order valence-corrected chi connectivity index (χ0v) is 37.9. The molecule has 3 aliphatic rings. The van der Waals surface area contributed by atoms with Gasteiger partial charge in [0.05, 0.1) is 28.8 Å². The van der Waals surface area contributed by atoms with Crippen LogP contribution in [0.3, 0.4) is 0 Å². The molecule has 3 aliphatic carbocycles. The summed E-state index contributed by atoms with van der Waals surface area (Å²) in [7, 11) is 0. The lowest BCUT2D eigenvalue weighted by Gasteiger charge is -2.46. The van der Waals surface area contributed by atoms with Crippen LogP contribution in [-0.2, 0) is 19.1 Å². The monoisotopic (exact) mass is 959 g/mol. The summed E-state index contributed by atoms with van der Waals surface area (Å²) in [6.07, 6.45) is -6.46. The van der Waals surface area contributed by atoms with E-state index in [1.807, 2.05) is 44.2 Å². The molecule has 5 aromatic carbocycles. The summed E-state index contributed by atoms with van der Waals surface area (Å²) in [5.41, 5.74) is -0.818. The summed E-state index contributed by atoms with van der Waals surface area (Å²) in [6.45, 7) is 3.45. The number of furan rings is 1. The summed E-state index contributed by atoms with van der Waals surface area (Å²) in [6, 6.07) is 28.6. The van der Waals surface area contributed by atoms with E-state index in [4.69, 9.17) is 20.8 Å². The normalized spacial score (nSPS) is 21.2. The number of hydrogen-bond acceptors (Lipinski definition) is 7. The quantitative estimate of drug-likeness (QED) is 0.0844. The number of amides is 1. The first-order valence-electron chi connectivity index (χ1n) is 22.2.